The number of halogens is 1. The molecule has 0 atom stereocenters. The van der Waals surface area contributed by atoms with Gasteiger partial charge in [-0.05, 0) is 23.8 Å². The fourth-order valence-electron chi connectivity index (χ4n) is 2.05. The van der Waals surface area contributed by atoms with E-state index in [1.807, 2.05) is 0 Å². The smallest absolute Gasteiger partial charge is 0.345 e. The van der Waals surface area contributed by atoms with E-state index >= 15 is 0 Å². The Bertz CT molecular complexity index is 931. The molecule has 0 aliphatic heterocycles. The van der Waals surface area contributed by atoms with E-state index in [-0.39, 0.29) is 27.6 Å². The van der Waals surface area contributed by atoms with Crippen molar-refractivity contribution in [2.45, 2.75) is 6.42 Å². The Morgan fingerprint density at radius 3 is 2.68 bits per heavy atom. The number of benzene rings is 1. The van der Waals surface area contributed by atoms with E-state index in [0.717, 1.165) is 21.6 Å². The SMILES string of the molecule is Nn1c(Cc2ccc(F)cc2)nc2cc(C(=O)O)sc2c1=O. The van der Waals surface area contributed by atoms with Crippen molar-refractivity contribution in [1.82, 2.24) is 9.66 Å². The maximum Gasteiger partial charge on any atom is 0.345 e. The molecule has 1 aromatic carbocycles. The highest BCUT2D eigenvalue weighted by Gasteiger charge is 2.16. The summed E-state index contributed by atoms with van der Waals surface area (Å²) in [4.78, 5) is 27.4. The summed E-state index contributed by atoms with van der Waals surface area (Å²) < 4.78 is 14.0. The number of fused-ring (bicyclic) bond motifs is 1. The van der Waals surface area contributed by atoms with Gasteiger partial charge in [-0.2, -0.15) is 0 Å². The summed E-state index contributed by atoms with van der Waals surface area (Å²) in [5.74, 6) is 4.54. The summed E-state index contributed by atoms with van der Waals surface area (Å²) in [6.45, 7) is 0. The molecule has 8 heteroatoms. The zero-order valence-electron chi connectivity index (χ0n) is 11.1. The quantitative estimate of drug-likeness (QED) is 0.715. The minimum absolute atomic E-state index is 0.0264. The number of hydrogen-bond donors (Lipinski definition) is 2. The van der Waals surface area contributed by atoms with E-state index < -0.39 is 11.5 Å². The van der Waals surface area contributed by atoms with Crippen molar-refractivity contribution in [3.63, 3.8) is 0 Å². The lowest BCUT2D eigenvalue weighted by molar-refractivity contribution is 0.0702. The lowest BCUT2D eigenvalue weighted by Gasteiger charge is -2.07. The van der Waals surface area contributed by atoms with Gasteiger partial charge < -0.3 is 10.9 Å². The number of aromatic nitrogens is 2. The fourth-order valence-corrected chi connectivity index (χ4v) is 2.92. The third-order valence-electron chi connectivity index (χ3n) is 3.14. The van der Waals surface area contributed by atoms with Crippen molar-refractivity contribution in [3.05, 3.63) is 62.8 Å². The Morgan fingerprint density at radius 1 is 1.36 bits per heavy atom. The molecule has 3 N–H and O–H groups in total. The maximum absolute atomic E-state index is 12.9. The number of carboxylic acid groups (broad SMARTS) is 1. The first-order valence-electron chi connectivity index (χ1n) is 6.24. The monoisotopic (exact) mass is 319 g/mol. The number of nitrogens with zero attached hydrogens (tertiary/aromatic N) is 2. The first-order chi connectivity index (χ1) is 10.5. The van der Waals surface area contributed by atoms with E-state index in [9.17, 15) is 14.0 Å². The standard InChI is InChI=1S/C14H10FN3O3S/c15-8-3-1-7(2-4-8)5-11-17-9-6-10(14(20)21)22-12(9)13(19)18(11)16/h1-4,6H,5,16H2,(H,20,21). The number of aromatic carboxylic acids is 1. The maximum atomic E-state index is 12.9. The van der Waals surface area contributed by atoms with Crippen LogP contribution in [0.4, 0.5) is 4.39 Å². The molecule has 3 aromatic rings. The molecule has 0 spiro atoms. The van der Waals surface area contributed by atoms with Gasteiger partial charge >= 0.3 is 5.97 Å². The van der Waals surface area contributed by atoms with E-state index in [1.54, 1.807) is 12.1 Å². The van der Waals surface area contributed by atoms with Crippen molar-refractivity contribution < 1.29 is 14.3 Å². The number of nitrogens with two attached hydrogens (primary N) is 1. The van der Waals surface area contributed by atoms with Gasteiger partial charge in [0.2, 0.25) is 0 Å². The number of nitrogen functional groups attached to an aromatic ring is 1. The molecule has 0 bridgehead atoms. The minimum Gasteiger partial charge on any atom is -0.477 e. The highest BCUT2D eigenvalue weighted by molar-refractivity contribution is 7.20. The zero-order valence-corrected chi connectivity index (χ0v) is 11.9. The second-order valence-electron chi connectivity index (χ2n) is 4.64. The topological polar surface area (TPSA) is 98.2 Å². The molecule has 2 aromatic heterocycles. The zero-order chi connectivity index (χ0) is 15.9. The first-order valence-corrected chi connectivity index (χ1v) is 7.05. The molecular formula is C14H10FN3O3S. The van der Waals surface area contributed by atoms with Crippen LogP contribution >= 0.6 is 11.3 Å². The molecule has 0 saturated heterocycles. The molecule has 0 amide bonds. The van der Waals surface area contributed by atoms with Gasteiger partial charge in [0.05, 0.1) is 5.52 Å². The van der Waals surface area contributed by atoms with Gasteiger partial charge in [0, 0.05) is 6.42 Å². The van der Waals surface area contributed by atoms with Crippen LogP contribution in [0.3, 0.4) is 0 Å². The van der Waals surface area contributed by atoms with Crippen molar-refractivity contribution in [2.75, 3.05) is 5.84 Å². The molecule has 22 heavy (non-hydrogen) atoms. The van der Waals surface area contributed by atoms with E-state index in [1.165, 1.54) is 18.2 Å². The average Bonchev–Trinajstić information content (AvgIpc) is 2.91. The predicted molar refractivity (Wildman–Crippen MR) is 80.2 cm³/mol. The van der Waals surface area contributed by atoms with Gasteiger partial charge in [-0.3, -0.25) is 4.79 Å². The van der Waals surface area contributed by atoms with Crippen LogP contribution in [-0.4, -0.2) is 20.7 Å². The molecule has 0 unspecified atom stereocenters. The Hall–Kier alpha value is -2.74. The van der Waals surface area contributed by atoms with Crippen LogP contribution in [0.2, 0.25) is 0 Å². The van der Waals surface area contributed by atoms with Gasteiger partial charge in [-0.25, -0.2) is 18.8 Å². The molecule has 0 aliphatic rings. The number of carboxylic acids is 1. The fraction of sp³-hybridized carbons (Fsp3) is 0.0714. The van der Waals surface area contributed by atoms with Crippen LogP contribution in [0.5, 0.6) is 0 Å². The predicted octanol–water partition coefficient (Wildman–Crippen LogP) is 1.60. The largest absolute Gasteiger partial charge is 0.477 e. The van der Waals surface area contributed by atoms with E-state index in [4.69, 9.17) is 10.9 Å². The number of rotatable bonds is 3. The molecular weight excluding hydrogens is 309 g/mol. The van der Waals surface area contributed by atoms with Gasteiger partial charge in [-0.1, -0.05) is 12.1 Å². The highest BCUT2D eigenvalue weighted by atomic mass is 32.1. The summed E-state index contributed by atoms with van der Waals surface area (Å²) >= 11 is 0.838. The molecule has 0 radical (unpaired) electrons. The van der Waals surface area contributed by atoms with Crippen LogP contribution < -0.4 is 11.4 Å². The van der Waals surface area contributed by atoms with Crippen molar-refractivity contribution in [3.8, 4) is 0 Å². The van der Waals surface area contributed by atoms with Gasteiger partial charge in [0.25, 0.3) is 5.56 Å². The normalized spacial score (nSPS) is 11.0. The number of hydrogen-bond acceptors (Lipinski definition) is 5. The Balaban J connectivity index is 2.09. The Labute approximate surface area is 127 Å². The van der Waals surface area contributed by atoms with Crippen LogP contribution in [0.1, 0.15) is 21.1 Å². The third kappa shape index (κ3) is 2.44. The number of carbonyl (C=O) groups is 1. The summed E-state index contributed by atoms with van der Waals surface area (Å²) in [7, 11) is 0. The summed E-state index contributed by atoms with van der Waals surface area (Å²) in [5, 5.41) is 8.98. The van der Waals surface area contributed by atoms with Gasteiger partial charge in [0.15, 0.2) is 0 Å². The van der Waals surface area contributed by atoms with E-state index in [2.05, 4.69) is 4.98 Å². The molecule has 3 rings (SSSR count). The minimum atomic E-state index is -1.12. The molecule has 112 valence electrons. The second kappa shape index (κ2) is 5.23. The third-order valence-corrected chi connectivity index (χ3v) is 4.24. The van der Waals surface area contributed by atoms with Crippen LogP contribution in [0, 0.1) is 5.82 Å². The lowest BCUT2D eigenvalue weighted by Crippen LogP contribution is -2.31. The molecule has 2 heterocycles. The number of thiophene rings is 1. The van der Waals surface area contributed by atoms with Gasteiger partial charge in [-0.15, -0.1) is 11.3 Å². The summed E-state index contributed by atoms with van der Waals surface area (Å²) in [6.07, 6.45) is 0.236. The van der Waals surface area contributed by atoms with Crippen molar-refractivity contribution in [2.24, 2.45) is 0 Å². The highest BCUT2D eigenvalue weighted by Crippen LogP contribution is 2.21. The van der Waals surface area contributed by atoms with E-state index in [0.29, 0.717) is 5.52 Å². The van der Waals surface area contributed by atoms with Crippen LogP contribution in [-0.2, 0) is 6.42 Å². The Kier molecular flexibility index (Phi) is 3.38. The lowest BCUT2D eigenvalue weighted by atomic mass is 10.1. The average molecular weight is 319 g/mol. The Morgan fingerprint density at radius 2 is 2.05 bits per heavy atom. The van der Waals surface area contributed by atoms with Crippen LogP contribution in [0.15, 0.2) is 35.1 Å². The second-order valence-corrected chi connectivity index (χ2v) is 5.69. The summed E-state index contributed by atoms with van der Waals surface area (Å²) in [5.41, 5.74) is 0.534. The molecule has 0 saturated carbocycles. The molecule has 0 aliphatic carbocycles. The van der Waals surface area contributed by atoms with Crippen LogP contribution in [0.25, 0.3) is 10.2 Å². The first kappa shape index (κ1) is 14.2. The molecule has 6 nitrogen and oxygen atoms in total. The van der Waals surface area contributed by atoms with Crippen molar-refractivity contribution in [1.29, 1.82) is 0 Å². The molecule has 0 fully saturated rings. The summed E-state index contributed by atoms with van der Waals surface area (Å²) in [6, 6.07) is 7.10. The van der Waals surface area contributed by atoms with Gasteiger partial charge in [0.1, 0.15) is 21.2 Å². The van der Waals surface area contributed by atoms with Crippen molar-refractivity contribution >= 4 is 27.5 Å².